The Morgan fingerprint density at radius 1 is 1.38 bits per heavy atom. The first-order valence-corrected chi connectivity index (χ1v) is 6.33. The molecule has 90 valence electrons. The fraction of sp³-hybridized carbons (Fsp3) is 0.769. The summed E-state index contributed by atoms with van der Waals surface area (Å²) in [6.45, 7) is 6.79. The molecule has 0 aliphatic heterocycles. The zero-order valence-corrected chi connectivity index (χ0v) is 10.8. The maximum absolute atomic E-state index is 4.37. The van der Waals surface area contributed by atoms with Gasteiger partial charge < -0.3 is 5.32 Å². The van der Waals surface area contributed by atoms with Crippen LogP contribution in [-0.2, 0) is 7.05 Å². The molecule has 1 aromatic rings. The van der Waals surface area contributed by atoms with Gasteiger partial charge in [0, 0.05) is 19.3 Å². The zero-order valence-electron chi connectivity index (χ0n) is 10.8. The van der Waals surface area contributed by atoms with Crippen molar-refractivity contribution in [1.29, 1.82) is 0 Å². The molecule has 3 atom stereocenters. The molecule has 1 heterocycles. The van der Waals surface area contributed by atoms with Crippen LogP contribution >= 0.6 is 0 Å². The van der Waals surface area contributed by atoms with Gasteiger partial charge >= 0.3 is 0 Å². The molecule has 1 N–H and O–H groups in total. The number of aryl methyl sites for hydroxylation is 2. The highest BCUT2D eigenvalue weighted by atomic mass is 15.3. The van der Waals surface area contributed by atoms with Crippen LogP contribution in [0.3, 0.4) is 0 Å². The Hall–Kier alpha value is -0.990. The molecule has 1 aromatic heterocycles. The van der Waals surface area contributed by atoms with Gasteiger partial charge in [-0.3, -0.25) is 4.68 Å². The molecule has 3 heteroatoms. The van der Waals surface area contributed by atoms with E-state index in [0.29, 0.717) is 6.04 Å². The van der Waals surface area contributed by atoms with E-state index in [4.69, 9.17) is 0 Å². The van der Waals surface area contributed by atoms with Crippen LogP contribution in [0.5, 0.6) is 0 Å². The first-order valence-electron chi connectivity index (χ1n) is 6.33. The van der Waals surface area contributed by atoms with E-state index in [-0.39, 0.29) is 0 Å². The van der Waals surface area contributed by atoms with Crippen molar-refractivity contribution in [3.8, 4) is 0 Å². The van der Waals surface area contributed by atoms with Gasteiger partial charge in [0.1, 0.15) is 0 Å². The Balaban J connectivity index is 2.02. The highest BCUT2D eigenvalue weighted by Crippen LogP contribution is 2.31. The van der Waals surface area contributed by atoms with Gasteiger partial charge in [-0.05, 0) is 38.0 Å². The summed E-state index contributed by atoms with van der Waals surface area (Å²) in [6.07, 6.45) is 6.06. The Bertz CT molecular complexity index is 356. The number of nitrogens with one attached hydrogen (secondary N) is 1. The molecule has 1 saturated carbocycles. The van der Waals surface area contributed by atoms with Crippen LogP contribution in [0.1, 0.15) is 38.8 Å². The Morgan fingerprint density at radius 2 is 2.12 bits per heavy atom. The van der Waals surface area contributed by atoms with E-state index in [1.54, 1.807) is 0 Å². The molecule has 0 aromatic carbocycles. The third-order valence-corrected chi connectivity index (χ3v) is 3.79. The number of anilines is 1. The molecule has 3 unspecified atom stereocenters. The van der Waals surface area contributed by atoms with Crippen molar-refractivity contribution in [1.82, 2.24) is 9.78 Å². The highest BCUT2D eigenvalue weighted by Gasteiger charge is 2.25. The minimum absolute atomic E-state index is 0.624. The maximum atomic E-state index is 4.37. The van der Waals surface area contributed by atoms with Crippen molar-refractivity contribution >= 4 is 5.69 Å². The van der Waals surface area contributed by atoms with Gasteiger partial charge in [0.05, 0.1) is 11.4 Å². The van der Waals surface area contributed by atoms with Crippen molar-refractivity contribution in [2.24, 2.45) is 18.9 Å². The van der Waals surface area contributed by atoms with E-state index in [0.717, 1.165) is 17.5 Å². The molecule has 16 heavy (non-hydrogen) atoms. The summed E-state index contributed by atoms with van der Waals surface area (Å²) in [5.41, 5.74) is 2.31. The van der Waals surface area contributed by atoms with Crippen molar-refractivity contribution in [3.05, 3.63) is 11.9 Å². The summed E-state index contributed by atoms with van der Waals surface area (Å²) in [5.74, 6) is 1.66. The van der Waals surface area contributed by atoms with E-state index < -0.39 is 0 Å². The molecule has 0 radical (unpaired) electrons. The van der Waals surface area contributed by atoms with Crippen LogP contribution in [0, 0.1) is 18.8 Å². The summed E-state index contributed by atoms with van der Waals surface area (Å²) in [4.78, 5) is 0. The van der Waals surface area contributed by atoms with Crippen molar-refractivity contribution < 1.29 is 0 Å². The van der Waals surface area contributed by atoms with Crippen LogP contribution in [0.25, 0.3) is 0 Å². The van der Waals surface area contributed by atoms with Crippen LogP contribution < -0.4 is 5.32 Å². The molecule has 2 rings (SSSR count). The lowest BCUT2D eigenvalue weighted by Crippen LogP contribution is -2.33. The number of nitrogens with zero attached hydrogens (tertiary/aromatic N) is 2. The molecular weight excluding hydrogens is 198 g/mol. The fourth-order valence-electron chi connectivity index (χ4n) is 2.82. The number of aromatic nitrogens is 2. The first-order chi connectivity index (χ1) is 7.56. The zero-order chi connectivity index (χ0) is 11.7. The summed E-state index contributed by atoms with van der Waals surface area (Å²) >= 11 is 0. The lowest BCUT2D eigenvalue weighted by molar-refractivity contribution is 0.276. The van der Waals surface area contributed by atoms with Crippen LogP contribution in [-0.4, -0.2) is 15.8 Å². The molecule has 1 aliphatic rings. The smallest absolute Gasteiger partial charge is 0.0825 e. The number of hydrogen-bond acceptors (Lipinski definition) is 2. The van der Waals surface area contributed by atoms with Gasteiger partial charge in [-0.1, -0.05) is 13.8 Å². The normalized spacial score (nSPS) is 30.4. The molecule has 0 saturated heterocycles. The third-order valence-electron chi connectivity index (χ3n) is 3.79. The Labute approximate surface area is 98.2 Å². The first kappa shape index (κ1) is 11.5. The van der Waals surface area contributed by atoms with E-state index in [1.165, 1.54) is 24.9 Å². The molecule has 1 fully saturated rings. The van der Waals surface area contributed by atoms with Crippen molar-refractivity contribution in [2.45, 2.75) is 46.1 Å². The van der Waals surface area contributed by atoms with Gasteiger partial charge in [0.25, 0.3) is 0 Å². The summed E-state index contributed by atoms with van der Waals surface area (Å²) < 4.78 is 1.88. The topological polar surface area (TPSA) is 29.9 Å². The molecule has 0 bridgehead atoms. The lowest BCUT2D eigenvalue weighted by atomic mass is 9.80. The molecular formula is C13H23N3. The second-order valence-corrected chi connectivity index (χ2v) is 5.45. The van der Waals surface area contributed by atoms with E-state index in [9.17, 15) is 0 Å². The minimum atomic E-state index is 0.624. The Morgan fingerprint density at radius 3 is 2.69 bits per heavy atom. The van der Waals surface area contributed by atoms with Crippen molar-refractivity contribution in [3.63, 3.8) is 0 Å². The van der Waals surface area contributed by atoms with Crippen LogP contribution in [0.15, 0.2) is 6.20 Å². The number of hydrogen-bond donors (Lipinski definition) is 1. The van der Waals surface area contributed by atoms with Gasteiger partial charge in [-0.25, -0.2) is 0 Å². The van der Waals surface area contributed by atoms with Crippen LogP contribution in [0.4, 0.5) is 5.69 Å². The third kappa shape index (κ3) is 2.39. The average Bonchev–Trinajstić information content (AvgIpc) is 2.50. The quantitative estimate of drug-likeness (QED) is 0.832. The van der Waals surface area contributed by atoms with Gasteiger partial charge in [0.2, 0.25) is 0 Å². The van der Waals surface area contributed by atoms with Gasteiger partial charge in [0.15, 0.2) is 0 Å². The predicted octanol–water partition coefficient (Wildman–Crippen LogP) is 2.97. The summed E-state index contributed by atoms with van der Waals surface area (Å²) in [6, 6.07) is 0.624. The van der Waals surface area contributed by atoms with Gasteiger partial charge in [-0.2, -0.15) is 5.10 Å². The summed E-state index contributed by atoms with van der Waals surface area (Å²) in [7, 11) is 1.98. The minimum Gasteiger partial charge on any atom is -0.379 e. The lowest BCUT2D eigenvalue weighted by Gasteiger charge is -2.33. The SMILES string of the molecule is Cc1nn(C)cc1NC1CCC(C)CC1C. The fourth-order valence-corrected chi connectivity index (χ4v) is 2.82. The van der Waals surface area contributed by atoms with E-state index in [1.807, 2.05) is 11.7 Å². The summed E-state index contributed by atoms with van der Waals surface area (Å²) in [5, 5.41) is 8.03. The predicted molar refractivity (Wildman–Crippen MR) is 67.5 cm³/mol. The maximum Gasteiger partial charge on any atom is 0.0825 e. The molecule has 3 nitrogen and oxygen atoms in total. The average molecular weight is 221 g/mol. The second-order valence-electron chi connectivity index (χ2n) is 5.45. The van der Waals surface area contributed by atoms with E-state index in [2.05, 4.69) is 37.4 Å². The number of rotatable bonds is 2. The molecule has 0 amide bonds. The molecule has 0 spiro atoms. The monoisotopic (exact) mass is 221 g/mol. The van der Waals surface area contributed by atoms with Crippen molar-refractivity contribution in [2.75, 3.05) is 5.32 Å². The highest BCUT2D eigenvalue weighted by molar-refractivity contribution is 5.46. The largest absolute Gasteiger partial charge is 0.379 e. The van der Waals surface area contributed by atoms with Gasteiger partial charge in [-0.15, -0.1) is 0 Å². The van der Waals surface area contributed by atoms with E-state index >= 15 is 0 Å². The standard InChI is InChI=1S/C13H23N3/c1-9-5-6-12(10(2)7-9)14-13-8-16(4)15-11(13)3/h8-10,12,14H,5-7H2,1-4H3. The van der Waals surface area contributed by atoms with Crippen LogP contribution in [0.2, 0.25) is 0 Å². The molecule has 1 aliphatic carbocycles. The second kappa shape index (κ2) is 4.48. The Kier molecular flexibility index (Phi) is 3.22.